The number of carbonyl (C=O) groups is 2. The number of nitrogens with zero attached hydrogens (tertiary/aromatic N) is 1. The highest BCUT2D eigenvalue weighted by Gasteiger charge is 2.30. The van der Waals surface area contributed by atoms with Crippen molar-refractivity contribution in [3.05, 3.63) is 23.7 Å². The van der Waals surface area contributed by atoms with Crippen molar-refractivity contribution < 1.29 is 18.7 Å². The number of aryl methyl sites for hydroxylation is 1. The van der Waals surface area contributed by atoms with E-state index in [0.717, 1.165) is 0 Å². The molecule has 0 saturated carbocycles. The van der Waals surface area contributed by atoms with Gasteiger partial charge in [0.25, 0.3) is 5.91 Å². The van der Waals surface area contributed by atoms with Crippen molar-refractivity contribution in [3.8, 4) is 6.07 Å². The van der Waals surface area contributed by atoms with Crippen LogP contribution in [-0.2, 0) is 9.53 Å². The molecule has 1 rings (SSSR count). The van der Waals surface area contributed by atoms with Crippen molar-refractivity contribution in [2.75, 3.05) is 6.61 Å². The predicted octanol–water partition coefficient (Wildman–Crippen LogP) is 1.80. The number of hydrogen-bond acceptors (Lipinski definition) is 5. The van der Waals surface area contributed by atoms with Crippen LogP contribution in [0.2, 0.25) is 0 Å². The van der Waals surface area contributed by atoms with Gasteiger partial charge in [-0.2, -0.15) is 5.26 Å². The zero-order valence-electron chi connectivity index (χ0n) is 12.0. The molecule has 0 bridgehead atoms. The Labute approximate surface area is 117 Å². The van der Waals surface area contributed by atoms with Gasteiger partial charge in [-0.3, -0.25) is 4.79 Å². The highest BCUT2D eigenvalue weighted by molar-refractivity contribution is 5.89. The Hall–Kier alpha value is -2.29. The third kappa shape index (κ3) is 3.85. The van der Waals surface area contributed by atoms with E-state index in [0.29, 0.717) is 5.76 Å². The number of nitrogens with one attached hydrogen (secondary N) is 1. The molecule has 1 amide bonds. The number of hydrogen-bond donors (Lipinski definition) is 1. The molecular formula is C14H18N2O4. The first kappa shape index (κ1) is 15.8. The number of carbonyl (C=O) groups excluding carboxylic acids is 2. The van der Waals surface area contributed by atoms with E-state index in [2.05, 4.69) is 5.32 Å². The summed E-state index contributed by atoms with van der Waals surface area (Å²) in [4.78, 5) is 23.3. The fourth-order valence-electron chi connectivity index (χ4n) is 1.37. The number of amides is 1. The van der Waals surface area contributed by atoms with E-state index in [-0.39, 0.29) is 11.7 Å². The van der Waals surface area contributed by atoms with Crippen molar-refractivity contribution in [1.29, 1.82) is 5.26 Å². The van der Waals surface area contributed by atoms with Crippen LogP contribution in [0.4, 0.5) is 0 Å². The van der Waals surface area contributed by atoms with Crippen LogP contribution in [0.3, 0.4) is 0 Å². The lowest BCUT2D eigenvalue weighted by atomic mass is 9.90. The maximum atomic E-state index is 11.7. The second-order valence-corrected chi connectivity index (χ2v) is 5.00. The van der Waals surface area contributed by atoms with Gasteiger partial charge in [-0.25, -0.2) is 4.79 Å². The van der Waals surface area contributed by atoms with E-state index in [9.17, 15) is 9.59 Å². The van der Waals surface area contributed by atoms with Crippen LogP contribution in [0.25, 0.3) is 0 Å². The SMILES string of the molecule is Cc1ccc(C(=O)OCC(=O)N[C@@](C)(C#N)C(C)C)o1. The summed E-state index contributed by atoms with van der Waals surface area (Å²) in [6.45, 7) is 6.50. The number of furan rings is 1. The molecule has 0 aliphatic carbocycles. The van der Waals surface area contributed by atoms with Gasteiger partial charge >= 0.3 is 5.97 Å². The van der Waals surface area contributed by atoms with Crippen LogP contribution >= 0.6 is 0 Å². The predicted molar refractivity (Wildman–Crippen MR) is 70.7 cm³/mol. The molecule has 108 valence electrons. The van der Waals surface area contributed by atoms with Gasteiger partial charge in [0, 0.05) is 0 Å². The molecule has 0 aromatic carbocycles. The molecule has 1 aromatic heterocycles. The third-order valence-electron chi connectivity index (χ3n) is 3.06. The van der Waals surface area contributed by atoms with E-state index in [4.69, 9.17) is 14.4 Å². The van der Waals surface area contributed by atoms with Crippen molar-refractivity contribution >= 4 is 11.9 Å². The second kappa shape index (κ2) is 6.24. The van der Waals surface area contributed by atoms with Crippen LogP contribution in [0.15, 0.2) is 16.5 Å². The summed E-state index contributed by atoms with van der Waals surface area (Å²) in [5.41, 5.74) is -0.995. The largest absolute Gasteiger partial charge is 0.454 e. The van der Waals surface area contributed by atoms with Gasteiger partial charge in [0.05, 0.1) is 6.07 Å². The first-order valence-electron chi connectivity index (χ1n) is 6.24. The number of rotatable bonds is 5. The molecule has 20 heavy (non-hydrogen) atoms. The molecule has 1 atom stereocenters. The number of ether oxygens (including phenoxy) is 1. The van der Waals surface area contributed by atoms with Crippen molar-refractivity contribution in [1.82, 2.24) is 5.32 Å². The summed E-state index contributed by atoms with van der Waals surface area (Å²) >= 11 is 0. The Morgan fingerprint density at radius 1 is 1.50 bits per heavy atom. The second-order valence-electron chi connectivity index (χ2n) is 5.00. The van der Waals surface area contributed by atoms with Gasteiger partial charge in [-0.1, -0.05) is 13.8 Å². The van der Waals surface area contributed by atoms with Crippen LogP contribution in [0.5, 0.6) is 0 Å². The van der Waals surface area contributed by atoms with Crippen LogP contribution in [0.1, 0.15) is 37.1 Å². The minimum atomic E-state index is -0.995. The molecule has 1 heterocycles. The van der Waals surface area contributed by atoms with E-state index < -0.39 is 24.0 Å². The average molecular weight is 278 g/mol. The lowest BCUT2D eigenvalue weighted by Gasteiger charge is -2.27. The number of esters is 1. The lowest BCUT2D eigenvalue weighted by Crippen LogP contribution is -2.50. The molecule has 0 unspecified atom stereocenters. The van der Waals surface area contributed by atoms with Gasteiger partial charge < -0.3 is 14.5 Å². The van der Waals surface area contributed by atoms with E-state index in [1.807, 2.05) is 19.9 Å². The molecule has 0 saturated heterocycles. The Kier molecular flexibility index (Phi) is 4.92. The van der Waals surface area contributed by atoms with Crippen LogP contribution in [-0.4, -0.2) is 24.0 Å². The summed E-state index contributed by atoms with van der Waals surface area (Å²) in [5.74, 6) is -0.684. The summed E-state index contributed by atoms with van der Waals surface area (Å²) < 4.78 is 9.90. The van der Waals surface area contributed by atoms with Gasteiger partial charge in [0.1, 0.15) is 11.3 Å². The van der Waals surface area contributed by atoms with E-state index >= 15 is 0 Å². The fourth-order valence-corrected chi connectivity index (χ4v) is 1.37. The fraction of sp³-hybridized carbons (Fsp3) is 0.500. The van der Waals surface area contributed by atoms with Gasteiger partial charge in [-0.15, -0.1) is 0 Å². The summed E-state index contributed by atoms with van der Waals surface area (Å²) in [5, 5.41) is 11.6. The molecule has 0 spiro atoms. The maximum absolute atomic E-state index is 11.7. The minimum Gasteiger partial charge on any atom is -0.454 e. The summed E-state index contributed by atoms with van der Waals surface area (Å²) in [6, 6.07) is 5.14. The van der Waals surface area contributed by atoms with Crippen LogP contribution < -0.4 is 5.32 Å². The van der Waals surface area contributed by atoms with E-state index in [1.165, 1.54) is 6.07 Å². The normalized spacial score (nSPS) is 13.4. The third-order valence-corrected chi connectivity index (χ3v) is 3.06. The Balaban J connectivity index is 2.52. The minimum absolute atomic E-state index is 0.0437. The molecule has 0 aliphatic rings. The zero-order valence-corrected chi connectivity index (χ0v) is 12.0. The smallest absolute Gasteiger partial charge is 0.374 e. The summed E-state index contributed by atoms with van der Waals surface area (Å²) in [7, 11) is 0. The lowest BCUT2D eigenvalue weighted by molar-refractivity contribution is -0.125. The van der Waals surface area contributed by atoms with Crippen molar-refractivity contribution in [2.24, 2.45) is 5.92 Å². The highest BCUT2D eigenvalue weighted by atomic mass is 16.5. The molecule has 0 radical (unpaired) electrons. The van der Waals surface area contributed by atoms with Gasteiger partial charge in [-0.05, 0) is 31.9 Å². The molecule has 6 nitrogen and oxygen atoms in total. The Morgan fingerprint density at radius 2 is 2.15 bits per heavy atom. The molecule has 6 heteroatoms. The number of nitriles is 1. The Bertz CT molecular complexity index is 542. The molecular weight excluding hydrogens is 260 g/mol. The quantitative estimate of drug-likeness (QED) is 0.829. The topological polar surface area (TPSA) is 92.3 Å². The average Bonchev–Trinajstić information content (AvgIpc) is 2.82. The molecule has 1 N–H and O–H groups in total. The maximum Gasteiger partial charge on any atom is 0.374 e. The van der Waals surface area contributed by atoms with Crippen LogP contribution in [0, 0.1) is 24.2 Å². The zero-order chi connectivity index (χ0) is 15.3. The highest BCUT2D eigenvalue weighted by Crippen LogP contribution is 2.15. The first-order chi connectivity index (χ1) is 9.28. The van der Waals surface area contributed by atoms with E-state index in [1.54, 1.807) is 19.9 Å². The Morgan fingerprint density at radius 3 is 2.60 bits per heavy atom. The van der Waals surface area contributed by atoms with Crippen molar-refractivity contribution in [2.45, 2.75) is 33.2 Å². The van der Waals surface area contributed by atoms with Gasteiger partial charge in [0.15, 0.2) is 6.61 Å². The van der Waals surface area contributed by atoms with Crippen molar-refractivity contribution in [3.63, 3.8) is 0 Å². The van der Waals surface area contributed by atoms with Gasteiger partial charge in [0.2, 0.25) is 5.76 Å². The first-order valence-corrected chi connectivity index (χ1v) is 6.24. The monoisotopic (exact) mass is 278 g/mol. The molecule has 1 aromatic rings. The standard InChI is InChI=1S/C14H18N2O4/c1-9(2)14(4,8-15)16-12(17)7-19-13(18)11-6-5-10(3)20-11/h5-6,9H,7H2,1-4H3,(H,16,17)/t14-/m0/s1. The molecule has 0 aliphatic heterocycles. The molecule has 0 fully saturated rings. The summed E-state index contributed by atoms with van der Waals surface area (Å²) in [6.07, 6.45) is 0.